The fourth-order valence-corrected chi connectivity index (χ4v) is 2.97. The Kier molecular flexibility index (Phi) is 3.33. The molecule has 1 aliphatic rings. The summed E-state index contributed by atoms with van der Waals surface area (Å²) in [5.74, 6) is 0.929. The van der Waals surface area contributed by atoms with Crippen LogP contribution in [-0.4, -0.2) is 21.5 Å². The molecule has 0 amide bonds. The van der Waals surface area contributed by atoms with Gasteiger partial charge in [-0.3, -0.25) is 4.68 Å². The highest BCUT2D eigenvalue weighted by molar-refractivity contribution is 9.10. The molecule has 100 valence electrons. The number of hydrogen-bond donors (Lipinski definition) is 1. The van der Waals surface area contributed by atoms with E-state index in [2.05, 4.69) is 27.1 Å². The number of aryl methyl sites for hydroxylation is 1. The van der Waals surface area contributed by atoms with Crippen molar-refractivity contribution in [3.8, 4) is 5.75 Å². The van der Waals surface area contributed by atoms with Gasteiger partial charge < -0.3 is 9.84 Å². The van der Waals surface area contributed by atoms with Gasteiger partial charge in [-0.1, -0.05) is 15.9 Å². The molecule has 1 aliphatic heterocycles. The van der Waals surface area contributed by atoms with Gasteiger partial charge in [0, 0.05) is 30.6 Å². The number of fused-ring (bicyclic) bond motifs is 1. The van der Waals surface area contributed by atoms with Crippen LogP contribution in [0.4, 0.5) is 0 Å². The van der Waals surface area contributed by atoms with Gasteiger partial charge in [0.05, 0.1) is 12.3 Å². The van der Waals surface area contributed by atoms with Crippen LogP contribution in [0.15, 0.2) is 28.9 Å². The van der Waals surface area contributed by atoms with Gasteiger partial charge >= 0.3 is 0 Å². The number of aliphatic hydroxyl groups excluding tert-OH is 1. The van der Waals surface area contributed by atoms with Gasteiger partial charge in [0.15, 0.2) is 0 Å². The maximum Gasteiger partial charge on any atom is 0.125 e. The van der Waals surface area contributed by atoms with Crippen molar-refractivity contribution >= 4 is 15.9 Å². The van der Waals surface area contributed by atoms with E-state index in [-0.39, 0.29) is 0 Å². The molecule has 4 nitrogen and oxygen atoms in total. The van der Waals surface area contributed by atoms with Crippen molar-refractivity contribution in [1.82, 2.24) is 9.78 Å². The van der Waals surface area contributed by atoms with Gasteiger partial charge in [-0.15, -0.1) is 0 Å². The Bertz CT molecular complexity index is 609. The zero-order valence-electron chi connectivity index (χ0n) is 10.6. The molecule has 0 aliphatic carbocycles. The summed E-state index contributed by atoms with van der Waals surface area (Å²) in [6.45, 7) is 0.721. The molecule has 0 saturated carbocycles. The largest absolute Gasteiger partial charge is 0.493 e. The van der Waals surface area contributed by atoms with E-state index in [9.17, 15) is 5.11 Å². The standard InChI is InChI=1S/C14H15BrN2O2/c1-17-4-2-12(16-17)13(18)8-10-7-11(15)6-9-3-5-19-14(9)10/h2,4,6-7,13,18H,3,5,8H2,1H3. The fourth-order valence-electron chi connectivity index (χ4n) is 2.42. The molecule has 1 aromatic carbocycles. The lowest BCUT2D eigenvalue weighted by Crippen LogP contribution is -2.05. The lowest BCUT2D eigenvalue weighted by atomic mass is 10.0. The predicted octanol–water partition coefficient (Wildman–Crippen LogP) is 2.39. The first-order chi connectivity index (χ1) is 9.13. The van der Waals surface area contributed by atoms with Crippen molar-refractivity contribution in [2.45, 2.75) is 18.9 Å². The Morgan fingerprint density at radius 1 is 1.53 bits per heavy atom. The van der Waals surface area contributed by atoms with Crippen molar-refractivity contribution < 1.29 is 9.84 Å². The second kappa shape index (κ2) is 4.98. The molecule has 0 radical (unpaired) electrons. The number of aromatic nitrogens is 2. The summed E-state index contributed by atoms with van der Waals surface area (Å²) in [7, 11) is 1.84. The topological polar surface area (TPSA) is 47.3 Å². The first kappa shape index (κ1) is 12.7. The average molecular weight is 323 g/mol. The van der Waals surface area contributed by atoms with E-state index in [1.807, 2.05) is 25.4 Å². The van der Waals surface area contributed by atoms with Crippen LogP contribution >= 0.6 is 15.9 Å². The molecule has 0 bridgehead atoms. The Labute approximate surface area is 120 Å². The summed E-state index contributed by atoms with van der Waals surface area (Å²) in [5, 5.41) is 14.5. The lowest BCUT2D eigenvalue weighted by molar-refractivity contribution is 0.171. The van der Waals surface area contributed by atoms with Crippen molar-refractivity contribution in [1.29, 1.82) is 0 Å². The van der Waals surface area contributed by atoms with Gasteiger partial charge in [0.1, 0.15) is 11.9 Å². The van der Waals surface area contributed by atoms with Gasteiger partial charge in [-0.2, -0.15) is 5.10 Å². The zero-order chi connectivity index (χ0) is 13.4. The smallest absolute Gasteiger partial charge is 0.125 e. The Morgan fingerprint density at radius 3 is 3.11 bits per heavy atom. The third kappa shape index (κ3) is 2.53. The molecule has 0 spiro atoms. The van der Waals surface area contributed by atoms with Crippen LogP contribution in [0.2, 0.25) is 0 Å². The molecular formula is C14H15BrN2O2. The number of aliphatic hydroxyl groups is 1. The first-order valence-corrected chi connectivity index (χ1v) is 7.04. The van der Waals surface area contributed by atoms with Crippen molar-refractivity contribution in [3.05, 3.63) is 45.7 Å². The highest BCUT2D eigenvalue weighted by Gasteiger charge is 2.20. The maximum absolute atomic E-state index is 10.3. The SMILES string of the molecule is Cn1ccc(C(O)Cc2cc(Br)cc3c2OCC3)n1. The van der Waals surface area contributed by atoms with E-state index in [1.165, 1.54) is 5.56 Å². The average Bonchev–Trinajstić information content (AvgIpc) is 2.97. The number of ether oxygens (including phenoxy) is 1. The van der Waals surface area contributed by atoms with Crippen molar-refractivity contribution in [2.24, 2.45) is 7.05 Å². The van der Waals surface area contributed by atoms with Crippen LogP contribution in [0.1, 0.15) is 22.9 Å². The minimum atomic E-state index is -0.608. The van der Waals surface area contributed by atoms with Crippen LogP contribution in [0.25, 0.3) is 0 Å². The number of nitrogens with zero attached hydrogens (tertiary/aromatic N) is 2. The lowest BCUT2D eigenvalue weighted by Gasteiger charge is -2.12. The number of halogens is 1. The van der Waals surface area contributed by atoms with Gasteiger partial charge in [0.2, 0.25) is 0 Å². The summed E-state index contributed by atoms with van der Waals surface area (Å²) < 4.78 is 8.39. The summed E-state index contributed by atoms with van der Waals surface area (Å²) in [6, 6.07) is 5.93. The minimum Gasteiger partial charge on any atom is -0.493 e. The molecular weight excluding hydrogens is 308 g/mol. The Hall–Kier alpha value is -1.33. The van der Waals surface area contributed by atoms with E-state index < -0.39 is 6.10 Å². The number of hydrogen-bond acceptors (Lipinski definition) is 3. The van der Waals surface area contributed by atoms with E-state index >= 15 is 0 Å². The Morgan fingerprint density at radius 2 is 2.37 bits per heavy atom. The molecule has 5 heteroatoms. The first-order valence-electron chi connectivity index (χ1n) is 6.25. The van der Waals surface area contributed by atoms with Gasteiger partial charge in [-0.25, -0.2) is 0 Å². The maximum atomic E-state index is 10.3. The van der Waals surface area contributed by atoms with Crippen LogP contribution in [0, 0.1) is 0 Å². The summed E-state index contributed by atoms with van der Waals surface area (Å²) in [4.78, 5) is 0. The second-order valence-electron chi connectivity index (χ2n) is 4.79. The van der Waals surface area contributed by atoms with E-state index in [0.717, 1.165) is 28.8 Å². The van der Waals surface area contributed by atoms with Crippen LogP contribution < -0.4 is 4.74 Å². The fraction of sp³-hybridized carbons (Fsp3) is 0.357. The molecule has 19 heavy (non-hydrogen) atoms. The molecule has 0 saturated heterocycles. The highest BCUT2D eigenvalue weighted by atomic mass is 79.9. The van der Waals surface area contributed by atoms with Crippen LogP contribution in [0.5, 0.6) is 5.75 Å². The monoisotopic (exact) mass is 322 g/mol. The Balaban J connectivity index is 1.87. The van der Waals surface area contributed by atoms with Crippen molar-refractivity contribution in [2.75, 3.05) is 6.61 Å². The third-order valence-corrected chi connectivity index (χ3v) is 3.77. The second-order valence-corrected chi connectivity index (χ2v) is 5.70. The molecule has 1 unspecified atom stereocenters. The normalized spacial score (nSPS) is 15.1. The summed E-state index contributed by atoms with van der Waals surface area (Å²) in [6.07, 6.45) is 2.67. The molecule has 2 heterocycles. The summed E-state index contributed by atoms with van der Waals surface area (Å²) in [5.41, 5.74) is 2.92. The molecule has 3 rings (SSSR count). The summed E-state index contributed by atoms with van der Waals surface area (Å²) >= 11 is 3.51. The molecule has 1 aromatic heterocycles. The molecule has 1 atom stereocenters. The van der Waals surface area contributed by atoms with Gasteiger partial charge in [-0.05, 0) is 29.3 Å². The third-order valence-electron chi connectivity index (χ3n) is 3.31. The molecule has 0 fully saturated rings. The molecule has 1 N–H and O–H groups in total. The highest BCUT2D eigenvalue weighted by Crippen LogP contribution is 2.35. The molecule has 2 aromatic rings. The van der Waals surface area contributed by atoms with E-state index in [0.29, 0.717) is 12.1 Å². The van der Waals surface area contributed by atoms with Crippen molar-refractivity contribution in [3.63, 3.8) is 0 Å². The minimum absolute atomic E-state index is 0.513. The number of rotatable bonds is 3. The van der Waals surface area contributed by atoms with Crippen LogP contribution in [-0.2, 0) is 19.9 Å². The van der Waals surface area contributed by atoms with Gasteiger partial charge in [0.25, 0.3) is 0 Å². The van der Waals surface area contributed by atoms with E-state index in [4.69, 9.17) is 4.74 Å². The van der Waals surface area contributed by atoms with E-state index in [1.54, 1.807) is 4.68 Å². The van der Waals surface area contributed by atoms with Crippen LogP contribution in [0.3, 0.4) is 0 Å². The predicted molar refractivity (Wildman–Crippen MR) is 75.2 cm³/mol. The number of benzene rings is 1. The zero-order valence-corrected chi connectivity index (χ0v) is 12.2. The quantitative estimate of drug-likeness (QED) is 0.943.